The van der Waals surface area contributed by atoms with Crippen molar-refractivity contribution in [3.8, 4) is 0 Å². The fraction of sp³-hybridized carbons (Fsp3) is 0.562. The van der Waals surface area contributed by atoms with Gasteiger partial charge in [-0.15, -0.1) is 0 Å². The van der Waals surface area contributed by atoms with E-state index in [0.29, 0.717) is 19.1 Å². The molecular weight excluding hydrogens is 269 g/mol. The van der Waals surface area contributed by atoms with Gasteiger partial charge in [0.05, 0.1) is 12.6 Å². The van der Waals surface area contributed by atoms with E-state index in [1.165, 1.54) is 18.6 Å². The normalized spacial score (nSPS) is 21.0. The van der Waals surface area contributed by atoms with Gasteiger partial charge in [0.1, 0.15) is 5.82 Å². The second-order valence-electron chi connectivity index (χ2n) is 5.70. The predicted molar refractivity (Wildman–Crippen MR) is 81.2 cm³/mol. The van der Waals surface area contributed by atoms with Crippen LogP contribution in [-0.4, -0.2) is 36.5 Å². The first kappa shape index (κ1) is 15.9. The average Bonchev–Trinajstić information content (AvgIpc) is 2.48. The Morgan fingerprint density at radius 3 is 2.81 bits per heavy atom. The minimum Gasteiger partial charge on any atom is -0.348 e. The summed E-state index contributed by atoms with van der Waals surface area (Å²) in [5.41, 5.74) is 6.67. The zero-order valence-corrected chi connectivity index (χ0v) is 12.5. The first-order valence-corrected chi connectivity index (χ1v) is 7.59. The van der Waals surface area contributed by atoms with Gasteiger partial charge in [-0.05, 0) is 44.0 Å². The summed E-state index contributed by atoms with van der Waals surface area (Å²) < 4.78 is 12.9. The van der Waals surface area contributed by atoms with E-state index in [9.17, 15) is 9.18 Å². The summed E-state index contributed by atoms with van der Waals surface area (Å²) in [6.07, 6.45) is 3.38. The molecule has 1 aliphatic heterocycles. The van der Waals surface area contributed by atoms with Crippen molar-refractivity contribution in [2.24, 2.45) is 5.73 Å². The third kappa shape index (κ3) is 4.51. The van der Waals surface area contributed by atoms with Crippen molar-refractivity contribution < 1.29 is 9.18 Å². The number of hydrogen-bond acceptors (Lipinski definition) is 3. The number of nitrogens with two attached hydrogens (primary N) is 1. The molecule has 2 unspecified atom stereocenters. The minimum absolute atomic E-state index is 0.00725. The van der Waals surface area contributed by atoms with E-state index in [-0.39, 0.29) is 17.8 Å². The zero-order valence-electron chi connectivity index (χ0n) is 12.5. The lowest BCUT2D eigenvalue weighted by Crippen LogP contribution is -2.48. The maximum Gasteiger partial charge on any atom is 0.234 e. The highest BCUT2D eigenvalue weighted by molar-refractivity contribution is 5.78. The summed E-state index contributed by atoms with van der Waals surface area (Å²) in [6.45, 7) is 3.82. The summed E-state index contributed by atoms with van der Waals surface area (Å²) in [5.74, 6) is -0.274. The smallest absolute Gasteiger partial charge is 0.234 e. The fourth-order valence-corrected chi connectivity index (χ4v) is 2.84. The Labute approximate surface area is 125 Å². The van der Waals surface area contributed by atoms with Gasteiger partial charge in [-0.1, -0.05) is 18.6 Å². The molecule has 4 nitrogen and oxygen atoms in total. The first-order chi connectivity index (χ1) is 10.1. The van der Waals surface area contributed by atoms with Gasteiger partial charge in [0.2, 0.25) is 5.91 Å². The fourth-order valence-electron chi connectivity index (χ4n) is 2.84. The Bertz CT molecular complexity index is 463. The first-order valence-electron chi connectivity index (χ1n) is 7.59. The Hall–Kier alpha value is -1.46. The third-order valence-electron chi connectivity index (χ3n) is 4.12. The maximum atomic E-state index is 12.9. The molecule has 1 saturated heterocycles. The van der Waals surface area contributed by atoms with E-state index in [0.717, 1.165) is 24.9 Å². The number of nitrogens with one attached hydrogen (secondary N) is 1. The number of benzene rings is 1. The number of halogens is 1. The standard InChI is InChI=1S/C16H24FN3O/c1-12(13-5-7-14(17)8-6-13)19-16(21)11-20-9-3-2-4-15(20)10-18/h5-8,12,15H,2-4,9-11,18H2,1H3,(H,19,21). The number of likely N-dealkylation sites (tertiary alicyclic amines) is 1. The van der Waals surface area contributed by atoms with E-state index in [2.05, 4.69) is 10.2 Å². The van der Waals surface area contributed by atoms with E-state index in [1.807, 2.05) is 6.92 Å². The van der Waals surface area contributed by atoms with Gasteiger partial charge in [0.15, 0.2) is 0 Å². The summed E-state index contributed by atoms with van der Waals surface area (Å²) in [7, 11) is 0. The highest BCUT2D eigenvalue weighted by Crippen LogP contribution is 2.16. The van der Waals surface area contributed by atoms with Gasteiger partial charge < -0.3 is 11.1 Å². The van der Waals surface area contributed by atoms with Gasteiger partial charge >= 0.3 is 0 Å². The lowest BCUT2D eigenvalue weighted by atomic mass is 10.0. The van der Waals surface area contributed by atoms with Crippen LogP contribution < -0.4 is 11.1 Å². The van der Waals surface area contributed by atoms with Gasteiger partial charge in [0, 0.05) is 12.6 Å². The number of rotatable bonds is 5. The summed E-state index contributed by atoms with van der Waals surface area (Å²) in [4.78, 5) is 14.3. The number of piperidine rings is 1. The molecule has 1 amide bonds. The van der Waals surface area contributed by atoms with Crippen molar-refractivity contribution in [1.82, 2.24) is 10.2 Å². The van der Waals surface area contributed by atoms with E-state index in [1.54, 1.807) is 12.1 Å². The molecule has 0 spiro atoms. The molecule has 5 heteroatoms. The van der Waals surface area contributed by atoms with Gasteiger partial charge in [-0.2, -0.15) is 0 Å². The molecule has 1 aromatic rings. The average molecular weight is 293 g/mol. The number of nitrogens with zero attached hydrogens (tertiary/aromatic N) is 1. The Morgan fingerprint density at radius 2 is 2.14 bits per heavy atom. The van der Waals surface area contributed by atoms with Crippen LogP contribution in [0.1, 0.15) is 37.8 Å². The highest BCUT2D eigenvalue weighted by Gasteiger charge is 2.23. The molecule has 0 saturated carbocycles. The largest absolute Gasteiger partial charge is 0.348 e. The van der Waals surface area contributed by atoms with Crippen LogP contribution in [0.5, 0.6) is 0 Å². The van der Waals surface area contributed by atoms with Gasteiger partial charge in [-0.3, -0.25) is 9.69 Å². The van der Waals surface area contributed by atoms with Crippen molar-refractivity contribution in [1.29, 1.82) is 0 Å². The predicted octanol–water partition coefficient (Wildman–Crippen LogP) is 1.82. The quantitative estimate of drug-likeness (QED) is 0.870. The molecule has 3 N–H and O–H groups in total. The van der Waals surface area contributed by atoms with Crippen molar-refractivity contribution in [2.75, 3.05) is 19.6 Å². The van der Waals surface area contributed by atoms with Crippen molar-refractivity contribution >= 4 is 5.91 Å². The van der Waals surface area contributed by atoms with E-state index < -0.39 is 0 Å². The third-order valence-corrected chi connectivity index (χ3v) is 4.12. The molecule has 1 fully saturated rings. The summed E-state index contributed by atoms with van der Waals surface area (Å²) in [6, 6.07) is 6.40. The van der Waals surface area contributed by atoms with Crippen LogP contribution in [0.2, 0.25) is 0 Å². The number of carbonyl (C=O) groups excluding carboxylic acids is 1. The molecule has 1 aromatic carbocycles. The molecule has 0 aromatic heterocycles. The molecule has 0 aliphatic carbocycles. The lowest BCUT2D eigenvalue weighted by molar-refractivity contribution is -0.123. The van der Waals surface area contributed by atoms with Crippen LogP contribution >= 0.6 is 0 Å². The minimum atomic E-state index is -0.267. The Balaban J connectivity index is 1.87. The van der Waals surface area contributed by atoms with Crippen LogP contribution in [0.4, 0.5) is 4.39 Å². The molecule has 2 rings (SSSR count). The highest BCUT2D eigenvalue weighted by atomic mass is 19.1. The molecule has 21 heavy (non-hydrogen) atoms. The van der Waals surface area contributed by atoms with Crippen LogP contribution in [0.3, 0.4) is 0 Å². The summed E-state index contributed by atoms with van der Waals surface area (Å²) in [5, 5.41) is 2.96. The summed E-state index contributed by atoms with van der Waals surface area (Å²) >= 11 is 0. The number of amides is 1. The molecule has 116 valence electrons. The topological polar surface area (TPSA) is 58.4 Å². The van der Waals surface area contributed by atoms with Crippen LogP contribution in [-0.2, 0) is 4.79 Å². The lowest BCUT2D eigenvalue weighted by Gasteiger charge is -2.34. The molecular formula is C16H24FN3O. The second kappa shape index (κ2) is 7.52. The number of carbonyl (C=O) groups is 1. The zero-order chi connectivity index (χ0) is 15.2. The van der Waals surface area contributed by atoms with Gasteiger partial charge in [-0.25, -0.2) is 4.39 Å². The molecule has 2 atom stereocenters. The van der Waals surface area contributed by atoms with E-state index in [4.69, 9.17) is 5.73 Å². The van der Waals surface area contributed by atoms with Gasteiger partial charge in [0.25, 0.3) is 0 Å². The van der Waals surface area contributed by atoms with Crippen LogP contribution in [0.15, 0.2) is 24.3 Å². The SMILES string of the molecule is CC(NC(=O)CN1CCCCC1CN)c1ccc(F)cc1. The molecule has 1 aliphatic rings. The number of hydrogen-bond donors (Lipinski definition) is 2. The second-order valence-corrected chi connectivity index (χ2v) is 5.70. The van der Waals surface area contributed by atoms with E-state index >= 15 is 0 Å². The van der Waals surface area contributed by atoms with Crippen LogP contribution in [0.25, 0.3) is 0 Å². The Kier molecular flexibility index (Phi) is 5.70. The van der Waals surface area contributed by atoms with Crippen molar-refractivity contribution in [3.05, 3.63) is 35.6 Å². The van der Waals surface area contributed by atoms with Crippen molar-refractivity contribution in [2.45, 2.75) is 38.3 Å². The molecule has 1 heterocycles. The maximum absolute atomic E-state index is 12.9. The molecule has 0 bridgehead atoms. The Morgan fingerprint density at radius 1 is 1.43 bits per heavy atom. The molecule has 0 radical (unpaired) electrons. The monoisotopic (exact) mass is 293 g/mol. The van der Waals surface area contributed by atoms with Crippen molar-refractivity contribution in [3.63, 3.8) is 0 Å². The van der Waals surface area contributed by atoms with Crippen LogP contribution in [0, 0.1) is 5.82 Å².